The van der Waals surface area contributed by atoms with Gasteiger partial charge in [-0.05, 0) is 20.8 Å². The number of halogens is 1. The third-order valence-corrected chi connectivity index (χ3v) is 1.62. The van der Waals surface area contributed by atoms with E-state index in [1.807, 2.05) is 20.8 Å². The van der Waals surface area contributed by atoms with Crippen LogP contribution in [0.4, 0.5) is 0 Å². The Bertz CT molecular complexity index is 165. The smallest absolute Gasteiger partial charge is 0.151 e. The van der Waals surface area contributed by atoms with Crippen LogP contribution in [0.3, 0.4) is 0 Å². The molecule has 0 spiro atoms. The predicted molar refractivity (Wildman–Crippen MR) is 59.5 cm³/mol. The largest absolute Gasteiger partial charge is 0.305 e. The highest BCUT2D eigenvalue weighted by molar-refractivity contribution is 5.85. The van der Waals surface area contributed by atoms with Crippen molar-refractivity contribution in [3.05, 3.63) is 0 Å². The Kier molecular flexibility index (Phi) is 5.88. The molecule has 0 aliphatic heterocycles. The van der Waals surface area contributed by atoms with Crippen molar-refractivity contribution in [1.29, 1.82) is 0 Å². The maximum atomic E-state index is 11.4. The molecule has 0 atom stereocenters. The van der Waals surface area contributed by atoms with E-state index in [9.17, 15) is 4.79 Å². The summed E-state index contributed by atoms with van der Waals surface area (Å²) in [5, 5.41) is 3.18. The Labute approximate surface area is 87.9 Å². The number of carbonyl (C=O) groups excluding carboxylic acids is 1. The highest BCUT2D eigenvalue weighted by atomic mass is 35.5. The first-order valence-corrected chi connectivity index (χ1v) is 4.41. The van der Waals surface area contributed by atoms with Gasteiger partial charge in [-0.1, -0.05) is 20.8 Å². The molecule has 80 valence electrons. The van der Waals surface area contributed by atoms with Crippen LogP contribution in [0.1, 0.15) is 41.5 Å². The first kappa shape index (κ1) is 15.4. The molecule has 0 rings (SSSR count). The van der Waals surface area contributed by atoms with E-state index >= 15 is 0 Å². The first-order valence-electron chi connectivity index (χ1n) is 4.41. The predicted octanol–water partition coefficient (Wildman–Crippen LogP) is 2.41. The topological polar surface area (TPSA) is 29.1 Å². The number of hydrogen-bond donors (Lipinski definition) is 1. The Morgan fingerprint density at radius 3 is 1.69 bits per heavy atom. The van der Waals surface area contributed by atoms with Crippen molar-refractivity contribution < 1.29 is 4.79 Å². The third-order valence-electron chi connectivity index (χ3n) is 1.62. The zero-order chi connectivity index (χ0) is 9.99. The van der Waals surface area contributed by atoms with Crippen LogP contribution < -0.4 is 5.32 Å². The van der Waals surface area contributed by atoms with Crippen LogP contribution in [0.2, 0.25) is 0 Å². The minimum atomic E-state index is -0.224. The van der Waals surface area contributed by atoms with E-state index in [1.165, 1.54) is 0 Å². The van der Waals surface area contributed by atoms with Crippen molar-refractivity contribution >= 4 is 18.2 Å². The van der Waals surface area contributed by atoms with Gasteiger partial charge in [-0.3, -0.25) is 4.79 Å². The molecule has 0 aliphatic carbocycles. The monoisotopic (exact) mass is 207 g/mol. The van der Waals surface area contributed by atoms with Crippen LogP contribution in [0.15, 0.2) is 0 Å². The zero-order valence-corrected chi connectivity index (χ0v) is 10.3. The summed E-state index contributed by atoms with van der Waals surface area (Å²) in [4.78, 5) is 11.4. The van der Waals surface area contributed by atoms with E-state index < -0.39 is 0 Å². The molecule has 13 heavy (non-hydrogen) atoms. The maximum Gasteiger partial charge on any atom is 0.151 e. The van der Waals surface area contributed by atoms with E-state index in [1.54, 1.807) is 0 Å². The van der Waals surface area contributed by atoms with E-state index in [0.717, 1.165) is 0 Å². The summed E-state index contributed by atoms with van der Waals surface area (Å²) in [7, 11) is 0. The molecule has 1 N–H and O–H groups in total. The average Bonchev–Trinajstić information content (AvgIpc) is 1.78. The van der Waals surface area contributed by atoms with Crippen molar-refractivity contribution in [2.24, 2.45) is 5.41 Å². The Balaban J connectivity index is 0. The van der Waals surface area contributed by atoms with Gasteiger partial charge in [-0.25, -0.2) is 0 Å². The van der Waals surface area contributed by atoms with Crippen molar-refractivity contribution in [3.63, 3.8) is 0 Å². The molecule has 0 fully saturated rings. The molecule has 0 aliphatic rings. The van der Waals surface area contributed by atoms with Gasteiger partial charge >= 0.3 is 0 Å². The van der Waals surface area contributed by atoms with Gasteiger partial charge in [0.25, 0.3) is 0 Å². The standard InChI is InChI=1S/C10H21NO.ClH/c1-9(2,3)8(12)7-11-10(4,5)6;/h11H,7H2,1-6H3;1H. The Hall–Kier alpha value is -0.0800. The van der Waals surface area contributed by atoms with E-state index in [-0.39, 0.29) is 29.1 Å². The SMILES string of the molecule is CC(C)(C)NCC(=O)C(C)(C)C.Cl. The highest BCUT2D eigenvalue weighted by Gasteiger charge is 2.22. The fourth-order valence-corrected chi connectivity index (χ4v) is 0.611. The van der Waals surface area contributed by atoms with Crippen molar-refractivity contribution in [2.75, 3.05) is 6.54 Å². The van der Waals surface area contributed by atoms with E-state index in [2.05, 4.69) is 26.1 Å². The average molecular weight is 208 g/mol. The van der Waals surface area contributed by atoms with Crippen LogP contribution >= 0.6 is 12.4 Å². The number of Topliss-reactive ketones (excluding diaryl/α,β-unsaturated/α-hetero) is 1. The van der Waals surface area contributed by atoms with Crippen molar-refractivity contribution in [3.8, 4) is 0 Å². The van der Waals surface area contributed by atoms with Crippen LogP contribution in [0.25, 0.3) is 0 Å². The van der Waals surface area contributed by atoms with Gasteiger partial charge in [0.1, 0.15) is 0 Å². The van der Waals surface area contributed by atoms with Gasteiger partial charge in [0.15, 0.2) is 5.78 Å². The lowest BCUT2D eigenvalue weighted by Crippen LogP contribution is -2.42. The quantitative estimate of drug-likeness (QED) is 0.754. The number of hydrogen-bond acceptors (Lipinski definition) is 2. The molecule has 3 heteroatoms. The van der Waals surface area contributed by atoms with Crippen molar-refractivity contribution in [2.45, 2.75) is 47.1 Å². The molecule has 0 heterocycles. The molecule has 0 unspecified atom stereocenters. The fourth-order valence-electron chi connectivity index (χ4n) is 0.611. The fraction of sp³-hybridized carbons (Fsp3) is 0.900. The van der Waals surface area contributed by atoms with Gasteiger partial charge in [0.2, 0.25) is 0 Å². The number of carbonyl (C=O) groups is 1. The molecule has 0 saturated heterocycles. The minimum Gasteiger partial charge on any atom is -0.305 e. The summed E-state index contributed by atoms with van der Waals surface area (Å²) in [5.41, 5.74) is -0.195. The highest BCUT2D eigenvalue weighted by Crippen LogP contribution is 2.14. The number of rotatable bonds is 2. The summed E-state index contributed by atoms with van der Waals surface area (Å²) in [5.74, 6) is 0.262. The zero-order valence-electron chi connectivity index (χ0n) is 9.52. The third kappa shape index (κ3) is 8.26. The van der Waals surface area contributed by atoms with Gasteiger partial charge in [0.05, 0.1) is 6.54 Å². The second-order valence-corrected chi connectivity index (χ2v) is 5.28. The Morgan fingerprint density at radius 1 is 1.08 bits per heavy atom. The maximum absolute atomic E-state index is 11.4. The Morgan fingerprint density at radius 2 is 1.46 bits per heavy atom. The van der Waals surface area contributed by atoms with Gasteiger partial charge in [-0.15, -0.1) is 12.4 Å². The molecule has 0 amide bonds. The van der Waals surface area contributed by atoms with Gasteiger partial charge < -0.3 is 5.32 Å². The molecular weight excluding hydrogens is 186 g/mol. The molecule has 0 aromatic rings. The summed E-state index contributed by atoms with van der Waals surface area (Å²) in [6.45, 7) is 12.5. The van der Waals surface area contributed by atoms with Crippen LogP contribution in [-0.4, -0.2) is 17.9 Å². The second kappa shape index (κ2) is 4.97. The summed E-state index contributed by atoms with van der Waals surface area (Å²) >= 11 is 0. The van der Waals surface area contributed by atoms with Crippen LogP contribution in [0, 0.1) is 5.41 Å². The molecule has 0 saturated carbocycles. The normalized spacial score (nSPS) is 12.2. The molecular formula is C10H22ClNO. The van der Waals surface area contributed by atoms with Crippen molar-refractivity contribution in [1.82, 2.24) is 5.32 Å². The lowest BCUT2D eigenvalue weighted by molar-refractivity contribution is -0.125. The summed E-state index contributed by atoms with van der Waals surface area (Å²) < 4.78 is 0. The number of nitrogens with one attached hydrogen (secondary N) is 1. The van der Waals surface area contributed by atoms with Crippen LogP contribution in [-0.2, 0) is 4.79 Å². The summed E-state index contributed by atoms with van der Waals surface area (Å²) in [6.07, 6.45) is 0. The molecule has 0 radical (unpaired) electrons. The van der Waals surface area contributed by atoms with E-state index in [0.29, 0.717) is 6.54 Å². The lowest BCUT2D eigenvalue weighted by Gasteiger charge is -2.23. The van der Waals surface area contributed by atoms with E-state index in [4.69, 9.17) is 0 Å². The first-order chi connectivity index (χ1) is 5.13. The molecule has 0 aromatic heterocycles. The van der Waals surface area contributed by atoms with Gasteiger partial charge in [-0.2, -0.15) is 0 Å². The second-order valence-electron chi connectivity index (χ2n) is 5.28. The minimum absolute atomic E-state index is 0. The van der Waals surface area contributed by atoms with Gasteiger partial charge in [0, 0.05) is 11.0 Å². The summed E-state index contributed by atoms with van der Waals surface area (Å²) in [6, 6.07) is 0. The van der Waals surface area contributed by atoms with Crippen LogP contribution in [0.5, 0.6) is 0 Å². The number of ketones is 1. The lowest BCUT2D eigenvalue weighted by atomic mass is 9.90. The molecule has 2 nitrogen and oxygen atoms in total. The molecule has 0 aromatic carbocycles. The molecule has 0 bridgehead atoms.